The summed E-state index contributed by atoms with van der Waals surface area (Å²) in [6.45, 7) is 1.69. The molecule has 0 aromatic rings. The van der Waals surface area contributed by atoms with E-state index in [0.29, 0.717) is 0 Å². The normalized spacial score (nSPS) is 3.81. The summed E-state index contributed by atoms with van der Waals surface area (Å²) in [5.74, 6) is 106. The van der Waals surface area contributed by atoms with Gasteiger partial charge in [0.25, 0.3) is 0 Å². The molecule has 0 heterocycles. The summed E-state index contributed by atoms with van der Waals surface area (Å²) < 4.78 is 8.19. The maximum absolute atomic E-state index is 8.19. The summed E-state index contributed by atoms with van der Waals surface area (Å²) in [4.78, 5) is 0. The summed E-state index contributed by atoms with van der Waals surface area (Å²) in [5.41, 5.74) is 0. The summed E-state index contributed by atoms with van der Waals surface area (Å²) >= 11 is 1.06. The zero-order chi connectivity index (χ0) is 34.4. The first kappa shape index (κ1) is 39.8. The average molecular weight is 610 g/mol. The van der Waals surface area contributed by atoms with Crippen LogP contribution in [0.4, 0.5) is 0 Å². The van der Waals surface area contributed by atoms with Crippen molar-refractivity contribution < 1.29 is 21.0 Å². The van der Waals surface area contributed by atoms with Gasteiger partial charge >= 0.3 is 21.0 Å². The van der Waals surface area contributed by atoms with Gasteiger partial charge in [-0.05, 0) is 102 Å². The van der Waals surface area contributed by atoms with Gasteiger partial charge in [-0.3, -0.25) is 5.92 Å². The van der Waals surface area contributed by atoms with Gasteiger partial charge in [0, 0.05) is 136 Å². The molecule has 0 N–H and O–H groups in total. The van der Waals surface area contributed by atoms with E-state index >= 15 is 0 Å². The molecule has 195 valence electrons. The van der Waals surface area contributed by atoms with Crippen LogP contribution < -0.4 is 0 Å². The Morgan fingerprint density at radius 2 is 0.340 bits per heavy atom. The molecule has 0 aromatic carbocycles. The SMILES string of the molecule is [C-]#CC#CC#CC#CC#CC#CC#CC#CC#CC#CC#CC#CC#CC#CC#CC#CC#CC#CC#CC#CC#CC#CC.[O]=[V]. The molecule has 0 saturated carbocycles. The molecule has 0 radical (unpaired) electrons. The predicted octanol–water partition coefficient (Wildman–Crippen LogP) is 0.546. The van der Waals surface area contributed by atoms with E-state index in [1.807, 2.05) is 5.92 Å². The van der Waals surface area contributed by atoms with Crippen molar-refractivity contribution >= 4 is 0 Å². The van der Waals surface area contributed by atoms with Crippen LogP contribution in [0, 0.1) is 261 Å². The Hall–Kier alpha value is -9.30. The van der Waals surface area contributed by atoms with Crippen LogP contribution in [0.2, 0.25) is 0 Å². The van der Waals surface area contributed by atoms with Crippen LogP contribution in [0.25, 0.3) is 0 Å². The van der Waals surface area contributed by atoms with E-state index in [0.717, 1.165) is 17.4 Å². The fraction of sp³-hybridized carbons (Fsp3) is 0.0222. The molecule has 0 fully saturated rings. The van der Waals surface area contributed by atoms with Gasteiger partial charge in [0.1, 0.15) is 0 Å². The molecule has 0 aliphatic heterocycles. The number of rotatable bonds is 0. The Morgan fingerprint density at radius 1 is 0.234 bits per heavy atom. The fourth-order valence-corrected chi connectivity index (χ4v) is 1.31. The van der Waals surface area contributed by atoms with Gasteiger partial charge in [-0.2, -0.15) is 0 Å². The minimum absolute atomic E-state index is 1.06. The van der Waals surface area contributed by atoms with E-state index in [9.17, 15) is 0 Å². The second kappa shape index (κ2) is 41.2. The summed E-state index contributed by atoms with van der Waals surface area (Å²) in [6.07, 6.45) is 6.56. The third-order valence-corrected chi connectivity index (χ3v) is 2.69. The third-order valence-electron chi connectivity index (χ3n) is 2.69. The number of hydrogen-bond donors (Lipinski definition) is 0. The Bertz CT molecular complexity index is 2690. The van der Waals surface area contributed by atoms with E-state index in [4.69, 9.17) is 10.1 Å². The van der Waals surface area contributed by atoms with Crippen LogP contribution in [0.15, 0.2) is 0 Å². The topological polar surface area (TPSA) is 17.1 Å². The van der Waals surface area contributed by atoms with E-state index in [1.165, 1.54) is 0 Å². The molecule has 0 atom stereocenters. The third kappa shape index (κ3) is 41.3. The first-order valence-corrected chi connectivity index (χ1v) is 12.0. The van der Waals surface area contributed by atoms with E-state index < -0.39 is 0 Å². The van der Waals surface area contributed by atoms with Crippen LogP contribution in [0.5, 0.6) is 0 Å². The predicted molar refractivity (Wildman–Crippen MR) is 177 cm³/mol. The number of hydrogen-bond acceptors (Lipinski definition) is 1. The van der Waals surface area contributed by atoms with Crippen molar-refractivity contribution in [2.45, 2.75) is 6.92 Å². The molecule has 0 saturated heterocycles. The monoisotopic (exact) mass is 610 g/mol. The van der Waals surface area contributed by atoms with Crippen LogP contribution in [0.3, 0.4) is 0 Å². The van der Waals surface area contributed by atoms with Gasteiger partial charge in [-0.25, -0.2) is 5.92 Å². The summed E-state index contributed by atoms with van der Waals surface area (Å²) in [7, 11) is 0. The summed E-state index contributed by atoms with van der Waals surface area (Å²) in [6, 6.07) is 0. The molecule has 2 heteroatoms. The van der Waals surface area contributed by atoms with E-state index in [1.54, 1.807) is 6.92 Å². The average Bonchev–Trinajstić information content (AvgIpc) is 3.10. The van der Waals surface area contributed by atoms with Crippen molar-refractivity contribution in [1.29, 1.82) is 0 Å². The first-order chi connectivity index (χ1) is 23.4. The van der Waals surface area contributed by atoms with Gasteiger partial charge in [0.05, 0.1) is 0 Å². The van der Waals surface area contributed by atoms with Gasteiger partial charge < -0.3 is 6.42 Å². The van der Waals surface area contributed by atoms with Gasteiger partial charge in [-0.1, -0.05) is 5.92 Å². The second-order valence-corrected chi connectivity index (χ2v) is 5.50. The van der Waals surface area contributed by atoms with Gasteiger partial charge in [0.2, 0.25) is 0 Å². The quantitative estimate of drug-likeness (QED) is 0.290. The molecule has 0 bridgehead atoms. The van der Waals surface area contributed by atoms with Crippen LogP contribution in [0.1, 0.15) is 6.92 Å². The molecule has 0 unspecified atom stereocenters. The van der Waals surface area contributed by atoms with Crippen LogP contribution in [-0.2, 0) is 21.0 Å². The molecular weight excluding hydrogens is 607 g/mol. The van der Waals surface area contributed by atoms with Crippen molar-refractivity contribution in [3.05, 3.63) is 6.42 Å². The van der Waals surface area contributed by atoms with Crippen molar-refractivity contribution in [2.75, 3.05) is 0 Å². The van der Waals surface area contributed by atoms with E-state index in [2.05, 4.69) is 249 Å². The Labute approximate surface area is 287 Å². The molecule has 0 aliphatic carbocycles. The Morgan fingerprint density at radius 3 is 0.447 bits per heavy atom. The molecule has 0 aromatic heterocycles. The molecular formula is C45H3OV-. The first-order valence-electron chi connectivity index (χ1n) is 11.4. The van der Waals surface area contributed by atoms with Crippen LogP contribution in [-0.4, -0.2) is 0 Å². The van der Waals surface area contributed by atoms with Crippen molar-refractivity contribution in [3.63, 3.8) is 0 Å². The van der Waals surface area contributed by atoms with Crippen molar-refractivity contribution in [2.24, 2.45) is 0 Å². The maximum atomic E-state index is 8.19. The van der Waals surface area contributed by atoms with Crippen molar-refractivity contribution in [3.8, 4) is 255 Å². The van der Waals surface area contributed by atoms with Crippen LogP contribution >= 0.6 is 0 Å². The van der Waals surface area contributed by atoms with Crippen molar-refractivity contribution in [1.82, 2.24) is 0 Å². The standard InChI is InChI=1S/C45H3.O.V/c1-3-5-7-9-11-13-15-17-19-21-23-25-27-29-31-33-35-37-39-41-43-45-44-42-40-38-36-34-32-30-28-26-24-22-20-18-16-14-12-10-8-6-4-2;;/h1H3;;/q-1;;. The minimum atomic E-state index is 1.06. The Kier molecular flexibility index (Phi) is 34.9. The molecule has 47 heavy (non-hydrogen) atoms. The molecule has 0 aliphatic rings. The molecule has 1 nitrogen and oxygen atoms in total. The molecule has 0 spiro atoms. The fourth-order valence-electron chi connectivity index (χ4n) is 1.31. The summed E-state index contributed by atoms with van der Waals surface area (Å²) in [5, 5.41) is 0. The molecule has 0 amide bonds. The second-order valence-electron chi connectivity index (χ2n) is 5.50. The molecule has 0 rings (SSSR count). The van der Waals surface area contributed by atoms with Gasteiger partial charge in [0.15, 0.2) is 0 Å². The zero-order valence-corrected chi connectivity index (χ0v) is 25.3. The Balaban J connectivity index is 0. The van der Waals surface area contributed by atoms with Gasteiger partial charge in [-0.15, -0.1) is 5.92 Å². The van der Waals surface area contributed by atoms with E-state index in [-0.39, 0.29) is 0 Å². The zero-order valence-electron chi connectivity index (χ0n) is 23.9.